The summed E-state index contributed by atoms with van der Waals surface area (Å²) < 4.78 is 7.32. The van der Waals surface area contributed by atoms with Gasteiger partial charge in [0.25, 0.3) is 0 Å². The number of aryl methyl sites for hydroxylation is 1. The summed E-state index contributed by atoms with van der Waals surface area (Å²) in [6.45, 7) is 1.37. The van der Waals surface area contributed by atoms with E-state index in [1.165, 1.54) is 5.56 Å². The van der Waals surface area contributed by atoms with Gasteiger partial charge in [0, 0.05) is 20.1 Å². The first kappa shape index (κ1) is 19.3. The number of ether oxygens (including phenoxy) is 1. The molecule has 1 N–H and O–H groups in total. The van der Waals surface area contributed by atoms with Crippen LogP contribution in [0.3, 0.4) is 0 Å². The van der Waals surface area contributed by atoms with Crippen LogP contribution >= 0.6 is 0 Å². The molecular formula is C23H28N4O2. The molecule has 6 nitrogen and oxygen atoms in total. The highest BCUT2D eigenvalue weighted by atomic mass is 16.5. The summed E-state index contributed by atoms with van der Waals surface area (Å²) in [6, 6.07) is 16.1. The molecule has 3 aromatic rings. The van der Waals surface area contributed by atoms with E-state index in [2.05, 4.69) is 16.0 Å². The SMILES string of the molecule is COc1ccc(CCNC(=O)N2CCCC[C@H]2c2nc3ccccc3n2C)cc1. The van der Waals surface area contributed by atoms with E-state index in [0.29, 0.717) is 6.54 Å². The second-order valence-electron chi connectivity index (χ2n) is 7.55. The van der Waals surface area contributed by atoms with Gasteiger partial charge in [0.15, 0.2) is 0 Å². The lowest BCUT2D eigenvalue weighted by atomic mass is 10.0. The Morgan fingerprint density at radius 3 is 2.72 bits per heavy atom. The summed E-state index contributed by atoms with van der Waals surface area (Å²) in [6.07, 6.45) is 3.89. The summed E-state index contributed by atoms with van der Waals surface area (Å²) in [5.41, 5.74) is 3.26. The van der Waals surface area contributed by atoms with E-state index in [0.717, 1.165) is 54.8 Å². The largest absolute Gasteiger partial charge is 0.497 e. The molecule has 2 amide bonds. The number of piperidine rings is 1. The minimum atomic E-state index is -0.00438. The maximum absolute atomic E-state index is 13.0. The lowest BCUT2D eigenvalue weighted by molar-refractivity contribution is 0.146. The minimum Gasteiger partial charge on any atom is -0.497 e. The molecule has 0 unspecified atom stereocenters. The first-order chi connectivity index (χ1) is 14.2. The zero-order valence-electron chi connectivity index (χ0n) is 17.1. The van der Waals surface area contributed by atoms with Gasteiger partial charge in [-0.3, -0.25) is 0 Å². The molecule has 1 aliphatic heterocycles. The number of rotatable bonds is 5. The molecule has 1 saturated heterocycles. The van der Waals surface area contributed by atoms with Crippen LogP contribution in [0.5, 0.6) is 5.75 Å². The summed E-state index contributed by atoms with van der Waals surface area (Å²) in [4.78, 5) is 19.8. The predicted octanol–water partition coefficient (Wildman–Crippen LogP) is 4.06. The average molecular weight is 393 g/mol. The number of methoxy groups -OCH3 is 1. The van der Waals surface area contributed by atoms with Crippen LogP contribution in [0.1, 0.15) is 36.7 Å². The highest BCUT2D eigenvalue weighted by Gasteiger charge is 2.31. The number of imidazole rings is 1. The minimum absolute atomic E-state index is 0.00438. The second kappa shape index (κ2) is 8.55. The number of aromatic nitrogens is 2. The van der Waals surface area contributed by atoms with Gasteiger partial charge in [-0.05, 0) is 55.5 Å². The molecule has 0 saturated carbocycles. The van der Waals surface area contributed by atoms with Crippen LogP contribution in [-0.4, -0.2) is 40.7 Å². The van der Waals surface area contributed by atoms with Crippen molar-refractivity contribution in [2.75, 3.05) is 20.2 Å². The van der Waals surface area contributed by atoms with Gasteiger partial charge in [0.1, 0.15) is 11.6 Å². The number of para-hydroxylation sites is 2. The fraction of sp³-hybridized carbons (Fsp3) is 0.391. The third-order valence-electron chi connectivity index (χ3n) is 5.73. The number of nitrogens with zero attached hydrogens (tertiary/aromatic N) is 3. The Hall–Kier alpha value is -3.02. The van der Waals surface area contributed by atoms with Gasteiger partial charge in [-0.1, -0.05) is 24.3 Å². The molecule has 152 valence electrons. The first-order valence-electron chi connectivity index (χ1n) is 10.3. The maximum Gasteiger partial charge on any atom is 0.318 e. The molecule has 4 rings (SSSR count). The Kier molecular flexibility index (Phi) is 5.69. The summed E-state index contributed by atoms with van der Waals surface area (Å²) in [5, 5.41) is 3.10. The van der Waals surface area contributed by atoms with Crippen molar-refractivity contribution >= 4 is 17.1 Å². The number of hydrogen-bond acceptors (Lipinski definition) is 3. The van der Waals surface area contributed by atoms with Crippen LogP contribution < -0.4 is 10.1 Å². The van der Waals surface area contributed by atoms with Gasteiger partial charge < -0.3 is 19.5 Å². The number of urea groups is 1. The molecule has 1 fully saturated rings. The average Bonchev–Trinajstić information content (AvgIpc) is 3.11. The number of carbonyl (C=O) groups excluding carboxylic acids is 1. The molecule has 1 aromatic heterocycles. The van der Waals surface area contributed by atoms with Crippen molar-refractivity contribution in [3.05, 3.63) is 59.9 Å². The molecule has 2 heterocycles. The van der Waals surface area contributed by atoms with E-state index >= 15 is 0 Å². The third-order valence-corrected chi connectivity index (χ3v) is 5.73. The van der Waals surface area contributed by atoms with Crippen LogP contribution in [0.4, 0.5) is 4.79 Å². The van der Waals surface area contributed by atoms with Crippen molar-refractivity contribution in [1.29, 1.82) is 0 Å². The van der Waals surface area contributed by atoms with Gasteiger partial charge >= 0.3 is 6.03 Å². The Balaban J connectivity index is 1.43. The monoisotopic (exact) mass is 392 g/mol. The summed E-state index contributed by atoms with van der Waals surface area (Å²) in [5.74, 6) is 1.81. The van der Waals surface area contributed by atoms with Crippen molar-refractivity contribution in [1.82, 2.24) is 19.8 Å². The third kappa shape index (κ3) is 4.06. The number of benzene rings is 2. The number of carbonyl (C=O) groups is 1. The van der Waals surface area contributed by atoms with Gasteiger partial charge in [0.05, 0.1) is 24.2 Å². The molecule has 6 heteroatoms. The summed E-state index contributed by atoms with van der Waals surface area (Å²) >= 11 is 0. The van der Waals surface area contributed by atoms with Crippen LogP contribution in [0, 0.1) is 0 Å². The second-order valence-corrected chi connectivity index (χ2v) is 7.55. The normalized spacial score (nSPS) is 16.8. The van der Waals surface area contributed by atoms with Crippen LogP contribution in [0.15, 0.2) is 48.5 Å². The molecule has 0 bridgehead atoms. The van der Waals surface area contributed by atoms with Gasteiger partial charge in [-0.25, -0.2) is 9.78 Å². The highest BCUT2D eigenvalue weighted by Crippen LogP contribution is 2.32. The smallest absolute Gasteiger partial charge is 0.318 e. The lowest BCUT2D eigenvalue weighted by Crippen LogP contribution is -2.45. The van der Waals surface area contributed by atoms with Crippen molar-refractivity contribution in [2.24, 2.45) is 7.05 Å². The zero-order valence-corrected chi connectivity index (χ0v) is 17.1. The molecule has 2 aromatic carbocycles. The van der Waals surface area contributed by atoms with E-state index in [1.54, 1.807) is 7.11 Å². The van der Waals surface area contributed by atoms with E-state index in [-0.39, 0.29) is 12.1 Å². The van der Waals surface area contributed by atoms with Crippen molar-refractivity contribution in [3.8, 4) is 5.75 Å². The van der Waals surface area contributed by atoms with E-state index in [1.807, 2.05) is 54.4 Å². The summed E-state index contributed by atoms with van der Waals surface area (Å²) in [7, 11) is 3.70. The molecule has 0 spiro atoms. The Morgan fingerprint density at radius 2 is 1.97 bits per heavy atom. The Morgan fingerprint density at radius 1 is 1.17 bits per heavy atom. The number of fused-ring (bicyclic) bond motifs is 1. The van der Waals surface area contributed by atoms with Gasteiger partial charge in [-0.2, -0.15) is 0 Å². The maximum atomic E-state index is 13.0. The van der Waals surface area contributed by atoms with E-state index in [9.17, 15) is 4.79 Å². The Bertz CT molecular complexity index is 980. The number of nitrogens with one attached hydrogen (secondary N) is 1. The number of likely N-dealkylation sites (tertiary alicyclic amines) is 1. The number of hydrogen-bond donors (Lipinski definition) is 1. The Labute approximate surface area is 171 Å². The van der Waals surface area contributed by atoms with E-state index < -0.39 is 0 Å². The zero-order chi connectivity index (χ0) is 20.2. The van der Waals surface area contributed by atoms with Gasteiger partial charge in [-0.15, -0.1) is 0 Å². The molecule has 1 aliphatic rings. The topological polar surface area (TPSA) is 59.4 Å². The van der Waals surface area contributed by atoms with Crippen molar-refractivity contribution < 1.29 is 9.53 Å². The fourth-order valence-corrected chi connectivity index (χ4v) is 4.11. The van der Waals surface area contributed by atoms with Crippen LogP contribution in [0.25, 0.3) is 11.0 Å². The van der Waals surface area contributed by atoms with Crippen LogP contribution in [-0.2, 0) is 13.5 Å². The molecule has 0 radical (unpaired) electrons. The van der Waals surface area contributed by atoms with Crippen molar-refractivity contribution in [3.63, 3.8) is 0 Å². The van der Waals surface area contributed by atoms with Crippen molar-refractivity contribution in [2.45, 2.75) is 31.7 Å². The molecular weight excluding hydrogens is 364 g/mol. The highest BCUT2D eigenvalue weighted by molar-refractivity contribution is 5.77. The molecule has 29 heavy (non-hydrogen) atoms. The quantitative estimate of drug-likeness (QED) is 0.712. The van der Waals surface area contributed by atoms with E-state index in [4.69, 9.17) is 9.72 Å². The van der Waals surface area contributed by atoms with Crippen LogP contribution in [0.2, 0.25) is 0 Å². The lowest BCUT2D eigenvalue weighted by Gasteiger charge is -2.35. The number of amides is 2. The standard InChI is InChI=1S/C23H28N4O2/c1-26-20-8-4-3-7-19(20)25-22(26)21-9-5-6-16-27(21)23(28)24-15-14-17-10-12-18(29-2)13-11-17/h3-4,7-8,10-13,21H,5-6,9,14-16H2,1-2H3,(H,24,28)/t21-/m0/s1. The fourth-order valence-electron chi connectivity index (χ4n) is 4.11. The molecule has 1 atom stereocenters. The molecule has 0 aliphatic carbocycles. The predicted molar refractivity (Wildman–Crippen MR) is 114 cm³/mol. The van der Waals surface area contributed by atoms with Gasteiger partial charge in [0.2, 0.25) is 0 Å². The first-order valence-corrected chi connectivity index (χ1v) is 10.3.